The molecule has 0 unspecified atom stereocenters. The van der Waals surface area contributed by atoms with Gasteiger partial charge < -0.3 is 15.7 Å². The van der Waals surface area contributed by atoms with E-state index in [0.29, 0.717) is 25.2 Å². The lowest BCUT2D eigenvalue weighted by Gasteiger charge is -2.07. The van der Waals surface area contributed by atoms with E-state index < -0.39 is 0 Å². The van der Waals surface area contributed by atoms with E-state index in [2.05, 4.69) is 47.2 Å². The second-order valence-corrected chi connectivity index (χ2v) is 9.81. The topological polar surface area (TPSA) is 74.2 Å². The van der Waals surface area contributed by atoms with Crippen molar-refractivity contribution in [2.45, 2.75) is 52.2 Å². The summed E-state index contributed by atoms with van der Waals surface area (Å²) in [6, 6.07) is 23.3. The molecule has 0 atom stereocenters. The summed E-state index contributed by atoms with van der Waals surface area (Å²) in [4.78, 5) is 17.3. The van der Waals surface area contributed by atoms with Crippen LogP contribution in [-0.2, 0) is 26.1 Å². The number of thiazole rings is 1. The third kappa shape index (κ3) is 7.51. The maximum atomic E-state index is 12.6. The van der Waals surface area contributed by atoms with Crippen molar-refractivity contribution in [2.75, 3.05) is 0 Å². The number of carbonyl (C=O) groups excluding carboxylic acids is 1. The van der Waals surface area contributed by atoms with Crippen LogP contribution in [0.15, 0.2) is 78.2 Å². The molecule has 1 amide bonds. The van der Waals surface area contributed by atoms with Gasteiger partial charge >= 0.3 is 0 Å². The Morgan fingerprint density at radius 1 is 0.833 bits per heavy atom. The fraction of sp³-hybridized carbons (Fsp3) is 0.267. The van der Waals surface area contributed by atoms with Crippen molar-refractivity contribution >= 4 is 17.2 Å². The highest BCUT2D eigenvalue weighted by atomic mass is 32.1. The maximum Gasteiger partial charge on any atom is 0.251 e. The Morgan fingerprint density at radius 3 is 2.22 bits per heavy atom. The van der Waals surface area contributed by atoms with Crippen LogP contribution in [0.4, 0.5) is 0 Å². The van der Waals surface area contributed by atoms with E-state index in [1.54, 1.807) is 23.5 Å². The van der Waals surface area contributed by atoms with Crippen molar-refractivity contribution in [3.8, 4) is 16.3 Å². The van der Waals surface area contributed by atoms with E-state index >= 15 is 0 Å². The number of rotatable bonds is 12. The maximum absolute atomic E-state index is 12.6. The van der Waals surface area contributed by atoms with Crippen LogP contribution >= 0.6 is 11.3 Å². The number of benzene rings is 3. The Bertz CT molecular complexity index is 1230. The first-order valence-electron chi connectivity index (χ1n) is 12.5. The number of aryl methyl sites for hydroxylation is 1. The third-order valence-electron chi connectivity index (χ3n) is 6.06. The predicted molar refractivity (Wildman–Crippen MR) is 147 cm³/mol. The molecule has 0 saturated carbocycles. The Labute approximate surface area is 217 Å². The summed E-state index contributed by atoms with van der Waals surface area (Å²) in [6.45, 7) is 4.11. The van der Waals surface area contributed by atoms with Gasteiger partial charge in [0.05, 0.1) is 5.69 Å². The minimum Gasteiger partial charge on any atom is -0.508 e. The van der Waals surface area contributed by atoms with Crippen molar-refractivity contribution in [3.05, 3.63) is 106 Å². The Kier molecular flexibility index (Phi) is 9.25. The number of nitrogens with zero attached hydrogens (tertiary/aromatic N) is 1. The number of phenols is 1. The van der Waals surface area contributed by atoms with Gasteiger partial charge in [-0.15, -0.1) is 11.3 Å². The number of nitrogens with one attached hydrogen (secondary N) is 2. The average molecular weight is 500 g/mol. The molecule has 0 aliphatic carbocycles. The molecular weight excluding hydrogens is 466 g/mol. The lowest BCUT2D eigenvalue weighted by Crippen LogP contribution is -2.22. The van der Waals surface area contributed by atoms with Crippen molar-refractivity contribution in [1.82, 2.24) is 15.6 Å². The lowest BCUT2D eigenvalue weighted by atomic mass is 10.1. The van der Waals surface area contributed by atoms with Crippen molar-refractivity contribution in [3.63, 3.8) is 0 Å². The van der Waals surface area contributed by atoms with Crippen molar-refractivity contribution in [1.29, 1.82) is 0 Å². The van der Waals surface area contributed by atoms with Gasteiger partial charge in [-0.3, -0.25) is 4.79 Å². The second kappa shape index (κ2) is 13.0. The highest BCUT2D eigenvalue weighted by Gasteiger charge is 2.09. The molecule has 186 valence electrons. The van der Waals surface area contributed by atoms with Gasteiger partial charge in [0, 0.05) is 36.1 Å². The second-order valence-electron chi connectivity index (χ2n) is 8.95. The molecular formula is C30H33N3O2S. The highest BCUT2D eigenvalue weighted by molar-refractivity contribution is 7.13. The Hall–Kier alpha value is -3.48. The average Bonchev–Trinajstić information content (AvgIpc) is 3.38. The molecule has 5 nitrogen and oxygen atoms in total. The fourth-order valence-electron chi connectivity index (χ4n) is 3.92. The van der Waals surface area contributed by atoms with Crippen LogP contribution in [0.1, 0.15) is 58.9 Å². The molecule has 0 spiro atoms. The molecule has 0 aliphatic rings. The van der Waals surface area contributed by atoms with Gasteiger partial charge in [-0.2, -0.15) is 0 Å². The number of hydrogen-bond acceptors (Lipinski definition) is 5. The SMILES string of the molecule is CCCCCc1ccc(CNC(=O)c2ccc(-c3nc(CNCc4ccc(O)cc4)cs3)cc2)cc1. The Balaban J connectivity index is 1.24. The largest absolute Gasteiger partial charge is 0.508 e. The normalized spacial score (nSPS) is 10.9. The van der Waals surface area contributed by atoms with Crippen LogP contribution in [0.25, 0.3) is 10.6 Å². The summed E-state index contributed by atoms with van der Waals surface area (Å²) in [5, 5.41) is 18.8. The molecule has 3 aromatic carbocycles. The molecule has 0 radical (unpaired) electrons. The van der Waals surface area contributed by atoms with E-state index in [0.717, 1.165) is 33.8 Å². The van der Waals surface area contributed by atoms with Crippen molar-refractivity contribution < 1.29 is 9.90 Å². The summed E-state index contributed by atoms with van der Waals surface area (Å²) in [5.41, 5.74) is 6.19. The molecule has 0 saturated heterocycles. The van der Waals surface area contributed by atoms with Crippen LogP contribution in [-0.4, -0.2) is 16.0 Å². The third-order valence-corrected chi connectivity index (χ3v) is 7.00. The summed E-state index contributed by atoms with van der Waals surface area (Å²) in [5.74, 6) is 0.195. The number of amides is 1. The minimum atomic E-state index is -0.0770. The van der Waals surface area contributed by atoms with Crippen molar-refractivity contribution in [2.24, 2.45) is 0 Å². The van der Waals surface area contributed by atoms with Gasteiger partial charge in [0.25, 0.3) is 5.91 Å². The molecule has 0 bridgehead atoms. The standard InChI is InChI=1S/C30H33N3O2S/c1-2-3-4-5-22-6-8-24(9-7-22)19-32-29(35)25-12-14-26(15-13-25)30-33-27(21-36-30)20-31-18-23-10-16-28(34)17-11-23/h6-17,21,31,34H,2-5,18-20H2,1H3,(H,32,35). The molecule has 1 aromatic heterocycles. The number of aromatic hydroxyl groups is 1. The molecule has 0 fully saturated rings. The number of phenolic OH excluding ortho intramolecular Hbond substituents is 1. The van der Waals surface area contributed by atoms with E-state index in [1.807, 2.05) is 36.4 Å². The monoisotopic (exact) mass is 499 g/mol. The van der Waals surface area contributed by atoms with Crippen LogP contribution in [0.2, 0.25) is 0 Å². The van der Waals surface area contributed by atoms with Gasteiger partial charge in [0.15, 0.2) is 0 Å². The van der Waals surface area contributed by atoms with E-state index in [9.17, 15) is 9.90 Å². The van der Waals surface area contributed by atoms with Crippen LogP contribution in [0.5, 0.6) is 5.75 Å². The fourth-order valence-corrected chi connectivity index (χ4v) is 4.75. The van der Waals surface area contributed by atoms with Gasteiger partial charge in [0.2, 0.25) is 0 Å². The zero-order chi connectivity index (χ0) is 25.2. The summed E-state index contributed by atoms with van der Waals surface area (Å²) in [7, 11) is 0. The highest BCUT2D eigenvalue weighted by Crippen LogP contribution is 2.24. The molecule has 4 rings (SSSR count). The van der Waals surface area contributed by atoms with E-state index in [-0.39, 0.29) is 11.7 Å². The van der Waals surface area contributed by atoms with Crippen LogP contribution < -0.4 is 10.6 Å². The summed E-state index contributed by atoms with van der Waals surface area (Å²) < 4.78 is 0. The quantitative estimate of drug-likeness (QED) is 0.195. The van der Waals surface area contributed by atoms with E-state index in [1.165, 1.54) is 24.8 Å². The molecule has 36 heavy (non-hydrogen) atoms. The lowest BCUT2D eigenvalue weighted by molar-refractivity contribution is 0.0951. The van der Waals surface area contributed by atoms with Crippen LogP contribution in [0, 0.1) is 0 Å². The molecule has 6 heteroatoms. The first-order chi connectivity index (χ1) is 17.6. The molecule has 3 N–H and O–H groups in total. The first kappa shape index (κ1) is 25.6. The number of hydrogen-bond donors (Lipinski definition) is 3. The molecule has 0 aliphatic heterocycles. The Morgan fingerprint density at radius 2 is 1.50 bits per heavy atom. The molecule has 4 aromatic rings. The summed E-state index contributed by atoms with van der Waals surface area (Å²) in [6.07, 6.45) is 4.84. The number of carbonyl (C=O) groups is 1. The van der Waals surface area contributed by atoms with Gasteiger partial charge in [-0.1, -0.05) is 68.3 Å². The smallest absolute Gasteiger partial charge is 0.251 e. The zero-order valence-electron chi connectivity index (χ0n) is 20.7. The number of unbranched alkanes of at least 4 members (excludes halogenated alkanes) is 2. The zero-order valence-corrected chi connectivity index (χ0v) is 21.5. The predicted octanol–water partition coefficient (Wildman–Crippen LogP) is 6.47. The summed E-state index contributed by atoms with van der Waals surface area (Å²) >= 11 is 1.60. The van der Waals surface area contributed by atoms with Gasteiger partial charge in [0.1, 0.15) is 10.8 Å². The van der Waals surface area contributed by atoms with E-state index in [4.69, 9.17) is 4.98 Å². The first-order valence-corrected chi connectivity index (χ1v) is 13.4. The van der Waals surface area contributed by atoms with Crippen LogP contribution in [0.3, 0.4) is 0 Å². The number of aromatic nitrogens is 1. The van der Waals surface area contributed by atoms with Gasteiger partial charge in [-0.05, 0) is 53.8 Å². The van der Waals surface area contributed by atoms with Gasteiger partial charge in [-0.25, -0.2) is 4.98 Å². The minimum absolute atomic E-state index is 0.0770. The molecule has 1 heterocycles.